The van der Waals surface area contributed by atoms with Gasteiger partial charge in [-0.05, 0) is 66.7 Å². The lowest BCUT2D eigenvalue weighted by atomic mass is 10.1. The molecule has 0 saturated carbocycles. The third-order valence-electron chi connectivity index (χ3n) is 5.74. The largest absolute Gasteiger partial charge is 0.493 e. The topological polar surface area (TPSA) is 131 Å². The van der Waals surface area contributed by atoms with Gasteiger partial charge in [-0.2, -0.15) is 0 Å². The molecule has 0 bridgehead atoms. The number of carbonyl (C=O) groups excluding carboxylic acids is 2. The van der Waals surface area contributed by atoms with E-state index in [0.717, 1.165) is 0 Å². The number of amides is 2. The number of halogens is 1. The minimum Gasteiger partial charge on any atom is -0.493 e. The van der Waals surface area contributed by atoms with Crippen molar-refractivity contribution in [3.05, 3.63) is 101 Å². The summed E-state index contributed by atoms with van der Waals surface area (Å²) in [6.45, 7) is 0. The Morgan fingerprint density at radius 2 is 1.34 bits per heavy atom. The number of anilines is 2. The number of ether oxygens (including phenoxy) is 4. The molecule has 0 aromatic heterocycles. The molecule has 11 heteroatoms. The summed E-state index contributed by atoms with van der Waals surface area (Å²) in [7, 11) is 4.34. The van der Waals surface area contributed by atoms with Crippen LogP contribution in [0.3, 0.4) is 0 Å². The second kappa shape index (κ2) is 13.2. The molecule has 4 rings (SSSR count). The van der Waals surface area contributed by atoms with Gasteiger partial charge >= 0.3 is 0 Å². The number of para-hydroxylation sites is 1. The number of carbonyl (C=O) groups is 2. The zero-order valence-electron chi connectivity index (χ0n) is 22.4. The van der Waals surface area contributed by atoms with E-state index in [1.54, 1.807) is 42.5 Å². The number of benzene rings is 4. The average Bonchev–Trinajstić information content (AvgIpc) is 2.98. The molecule has 0 saturated heterocycles. The Labute approximate surface area is 241 Å². The minimum atomic E-state index is -0.580. The van der Waals surface area contributed by atoms with Crippen LogP contribution >= 0.6 is 11.6 Å². The number of hydrogen-bond acceptors (Lipinski definition) is 7. The van der Waals surface area contributed by atoms with Gasteiger partial charge < -0.3 is 29.6 Å². The average molecular weight is 575 g/mol. The van der Waals surface area contributed by atoms with Crippen molar-refractivity contribution in [3.63, 3.8) is 0 Å². The van der Waals surface area contributed by atoms with Crippen molar-refractivity contribution in [3.8, 4) is 28.7 Å². The first kappa shape index (κ1) is 28.8. The third-order valence-corrected chi connectivity index (χ3v) is 6.07. The van der Waals surface area contributed by atoms with Crippen LogP contribution in [-0.4, -0.2) is 39.1 Å². The summed E-state index contributed by atoms with van der Waals surface area (Å²) in [5.41, 5.74) is 1.31. The first-order valence-electron chi connectivity index (χ1n) is 12.2. The molecule has 0 fully saturated rings. The summed E-state index contributed by atoms with van der Waals surface area (Å²) in [6, 6.07) is 23.6. The zero-order chi connectivity index (χ0) is 29.4. The summed E-state index contributed by atoms with van der Waals surface area (Å²) >= 11 is 6.31. The predicted octanol–water partition coefficient (Wildman–Crippen LogP) is 6.19. The second-order valence-electron chi connectivity index (χ2n) is 8.46. The van der Waals surface area contributed by atoms with Crippen molar-refractivity contribution < 1.29 is 28.5 Å². The van der Waals surface area contributed by atoms with Crippen molar-refractivity contribution in [2.75, 3.05) is 32.0 Å². The molecule has 10 nitrogen and oxygen atoms in total. The predicted molar refractivity (Wildman–Crippen MR) is 157 cm³/mol. The Morgan fingerprint density at radius 3 is 1.95 bits per heavy atom. The molecule has 0 radical (unpaired) electrons. The smallest absolute Gasteiger partial charge is 0.258 e. The lowest BCUT2D eigenvalue weighted by molar-refractivity contribution is 0.0974. The number of hydrogen-bond donors (Lipinski definition) is 4. The Morgan fingerprint density at radius 1 is 0.707 bits per heavy atom. The molecule has 4 aromatic carbocycles. The summed E-state index contributed by atoms with van der Waals surface area (Å²) < 4.78 is 21.6. The quantitative estimate of drug-likeness (QED) is 0.138. The normalized spacial score (nSPS) is 10.2. The molecular weight excluding hydrogens is 548 g/mol. The van der Waals surface area contributed by atoms with Crippen molar-refractivity contribution in [1.82, 2.24) is 5.32 Å². The molecule has 4 N–H and O–H groups in total. The zero-order valence-corrected chi connectivity index (χ0v) is 23.2. The van der Waals surface area contributed by atoms with E-state index in [4.69, 9.17) is 36.0 Å². The Bertz CT molecular complexity index is 1540. The monoisotopic (exact) mass is 574 g/mol. The van der Waals surface area contributed by atoms with Gasteiger partial charge in [0.1, 0.15) is 11.5 Å². The number of nitrogens with one attached hydrogen (secondary N) is 4. The van der Waals surface area contributed by atoms with Gasteiger partial charge in [0.2, 0.25) is 5.75 Å². The number of methoxy groups -OCH3 is 3. The summed E-state index contributed by atoms with van der Waals surface area (Å²) in [5, 5.41) is 16.5. The lowest BCUT2D eigenvalue weighted by Crippen LogP contribution is -2.35. The molecular formula is C30H27ClN4O6. The van der Waals surface area contributed by atoms with Gasteiger partial charge in [0.05, 0.1) is 32.0 Å². The molecule has 0 unspecified atom stereocenters. The molecule has 0 heterocycles. The number of guanidine groups is 1. The second-order valence-corrected chi connectivity index (χ2v) is 8.86. The maximum atomic E-state index is 12.9. The third kappa shape index (κ3) is 7.25. The fourth-order valence-corrected chi connectivity index (χ4v) is 3.93. The fourth-order valence-electron chi connectivity index (χ4n) is 3.77. The molecule has 0 spiro atoms. The van der Waals surface area contributed by atoms with Crippen molar-refractivity contribution in [2.45, 2.75) is 0 Å². The van der Waals surface area contributed by atoms with Gasteiger partial charge in [-0.3, -0.25) is 20.3 Å². The SMILES string of the molecule is COc1cc(C(=O)NC(=N)Nc2ccc(Cl)c(NC(=O)c3ccc(Oc4ccccc4)cc3)c2)cc(OC)c1OC. The standard InChI is InChI=1S/C30H27ClN4O6/c1-38-25-15-19(16-26(39-2)27(25)40-3)29(37)35-30(32)33-20-11-14-23(31)24(17-20)34-28(36)18-9-12-22(13-10-18)41-21-7-5-4-6-8-21/h4-17H,1-3H3,(H,34,36)(H3,32,33,35,37). The molecule has 41 heavy (non-hydrogen) atoms. The van der Waals surface area contributed by atoms with E-state index in [1.807, 2.05) is 30.3 Å². The van der Waals surface area contributed by atoms with Crippen LogP contribution in [0.2, 0.25) is 5.02 Å². The molecule has 2 amide bonds. The van der Waals surface area contributed by atoms with E-state index < -0.39 is 5.91 Å². The van der Waals surface area contributed by atoms with Crippen LogP contribution in [0.15, 0.2) is 84.9 Å². The molecule has 0 aliphatic carbocycles. The molecule has 4 aromatic rings. The molecule has 0 aliphatic rings. The summed E-state index contributed by atoms with van der Waals surface area (Å²) in [6.07, 6.45) is 0. The lowest BCUT2D eigenvalue weighted by Gasteiger charge is -2.15. The van der Waals surface area contributed by atoms with Crippen LogP contribution in [0.25, 0.3) is 0 Å². The van der Waals surface area contributed by atoms with Gasteiger partial charge in [0.25, 0.3) is 11.8 Å². The maximum Gasteiger partial charge on any atom is 0.258 e. The van der Waals surface area contributed by atoms with Crippen LogP contribution in [0.4, 0.5) is 11.4 Å². The fraction of sp³-hybridized carbons (Fsp3) is 0.100. The van der Waals surface area contributed by atoms with E-state index in [1.165, 1.54) is 33.5 Å². The Balaban J connectivity index is 1.40. The van der Waals surface area contributed by atoms with Crippen molar-refractivity contribution >= 4 is 40.7 Å². The summed E-state index contributed by atoms with van der Waals surface area (Å²) in [4.78, 5) is 25.7. The van der Waals surface area contributed by atoms with Crippen molar-refractivity contribution in [1.29, 1.82) is 5.41 Å². The van der Waals surface area contributed by atoms with Crippen LogP contribution in [0.1, 0.15) is 20.7 Å². The van der Waals surface area contributed by atoms with E-state index in [2.05, 4.69) is 16.0 Å². The molecule has 0 aliphatic heterocycles. The van der Waals surface area contributed by atoms with Gasteiger partial charge in [0.15, 0.2) is 17.5 Å². The van der Waals surface area contributed by atoms with Gasteiger partial charge in [0, 0.05) is 16.8 Å². The van der Waals surface area contributed by atoms with E-state index in [-0.39, 0.29) is 17.4 Å². The summed E-state index contributed by atoms with van der Waals surface area (Å²) in [5.74, 6) is 0.935. The van der Waals surface area contributed by atoms with E-state index in [9.17, 15) is 9.59 Å². The first-order chi connectivity index (χ1) is 19.8. The highest BCUT2D eigenvalue weighted by Gasteiger charge is 2.18. The maximum absolute atomic E-state index is 12.9. The first-order valence-corrected chi connectivity index (χ1v) is 12.6. The molecule has 0 atom stereocenters. The van der Waals surface area contributed by atoms with E-state index >= 15 is 0 Å². The van der Waals surface area contributed by atoms with E-state index in [0.29, 0.717) is 50.7 Å². The number of rotatable bonds is 9. The highest BCUT2D eigenvalue weighted by Crippen LogP contribution is 2.38. The van der Waals surface area contributed by atoms with Gasteiger partial charge in [-0.1, -0.05) is 29.8 Å². The van der Waals surface area contributed by atoms with Crippen LogP contribution in [0, 0.1) is 5.41 Å². The van der Waals surface area contributed by atoms with Crippen LogP contribution in [0.5, 0.6) is 28.7 Å². The van der Waals surface area contributed by atoms with Crippen LogP contribution < -0.4 is 34.9 Å². The van der Waals surface area contributed by atoms with Crippen molar-refractivity contribution in [2.24, 2.45) is 0 Å². The van der Waals surface area contributed by atoms with Crippen LogP contribution in [-0.2, 0) is 0 Å². The Kier molecular flexibility index (Phi) is 9.28. The van der Waals surface area contributed by atoms with Gasteiger partial charge in [-0.25, -0.2) is 0 Å². The Hall–Kier alpha value is -5.22. The minimum absolute atomic E-state index is 0.190. The highest BCUT2D eigenvalue weighted by molar-refractivity contribution is 6.34. The molecule has 210 valence electrons. The van der Waals surface area contributed by atoms with Gasteiger partial charge in [-0.15, -0.1) is 0 Å². The highest BCUT2D eigenvalue weighted by atomic mass is 35.5.